The Kier molecular flexibility index (Phi) is 3.78. The molecule has 1 aromatic heterocycles. The zero-order valence-electron chi connectivity index (χ0n) is 10.3. The quantitative estimate of drug-likeness (QED) is 0.867. The molecule has 18 heavy (non-hydrogen) atoms. The second-order valence-electron chi connectivity index (χ2n) is 3.84. The molecule has 1 heterocycles. The van der Waals surface area contributed by atoms with E-state index in [1.807, 2.05) is 25.1 Å². The molecule has 1 atom stereocenters. The lowest BCUT2D eigenvalue weighted by atomic mass is 10.1. The molecule has 0 saturated heterocycles. The van der Waals surface area contributed by atoms with Gasteiger partial charge in [0.15, 0.2) is 18.1 Å². The molecule has 0 aliphatic carbocycles. The second kappa shape index (κ2) is 5.50. The summed E-state index contributed by atoms with van der Waals surface area (Å²) in [5, 5.41) is 3.66. The lowest BCUT2D eigenvalue weighted by Gasteiger charge is -2.12. The highest BCUT2D eigenvalue weighted by atomic mass is 16.5. The molecule has 0 bridgehead atoms. The number of aromatic nitrogens is 2. The summed E-state index contributed by atoms with van der Waals surface area (Å²) in [5.41, 5.74) is 6.79. The van der Waals surface area contributed by atoms with Gasteiger partial charge in [-0.2, -0.15) is 4.98 Å². The number of rotatable bonds is 5. The average molecular weight is 249 g/mol. The van der Waals surface area contributed by atoms with Gasteiger partial charge in [0.2, 0.25) is 12.2 Å². The van der Waals surface area contributed by atoms with Gasteiger partial charge in [0.25, 0.3) is 0 Å². The summed E-state index contributed by atoms with van der Waals surface area (Å²) in [4.78, 5) is 3.87. The standard InChI is InChI=1S/C12H15N3O3/c1-8(13)9-3-4-10(11(5-9)16-2)17-6-12-14-7-18-15-12/h3-5,7-8H,6,13H2,1-2H3/t8-/m0/s1. The van der Waals surface area contributed by atoms with Gasteiger partial charge in [-0.15, -0.1) is 0 Å². The molecular formula is C12H15N3O3. The molecule has 2 N–H and O–H groups in total. The van der Waals surface area contributed by atoms with Crippen molar-refractivity contribution >= 4 is 0 Å². The van der Waals surface area contributed by atoms with Crippen LogP contribution in [0.5, 0.6) is 11.5 Å². The normalized spacial score (nSPS) is 12.2. The highest BCUT2D eigenvalue weighted by molar-refractivity contribution is 5.43. The Morgan fingerprint density at radius 3 is 2.83 bits per heavy atom. The Bertz CT molecular complexity index is 497. The summed E-state index contributed by atoms with van der Waals surface area (Å²) in [6.07, 6.45) is 1.26. The van der Waals surface area contributed by atoms with Gasteiger partial charge in [-0.3, -0.25) is 0 Å². The maximum Gasteiger partial charge on any atom is 0.213 e. The van der Waals surface area contributed by atoms with Crippen LogP contribution in [-0.2, 0) is 6.61 Å². The van der Waals surface area contributed by atoms with Crippen LogP contribution in [0, 0.1) is 0 Å². The van der Waals surface area contributed by atoms with Crippen molar-refractivity contribution in [3.8, 4) is 11.5 Å². The fourth-order valence-electron chi connectivity index (χ4n) is 1.48. The summed E-state index contributed by atoms with van der Waals surface area (Å²) >= 11 is 0. The molecule has 6 heteroatoms. The maximum atomic E-state index is 5.81. The van der Waals surface area contributed by atoms with Gasteiger partial charge in [0, 0.05) is 6.04 Å². The molecule has 0 amide bonds. The van der Waals surface area contributed by atoms with E-state index >= 15 is 0 Å². The molecule has 0 unspecified atom stereocenters. The van der Waals surface area contributed by atoms with Crippen molar-refractivity contribution in [2.45, 2.75) is 19.6 Å². The van der Waals surface area contributed by atoms with Crippen LogP contribution in [0.2, 0.25) is 0 Å². The first-order valence-corrected chi connectivity index (χ1v) is 5.52. The molecule has 0 radical (unpaired) electrons. The van der Waals surface area contributed by atoms with Gasteiger partial charge in [0.05, 0.1) is 7.11 Å². The zero-order valence-corrected chi connectivity index (χ0v) is 10.3. The number of hydrogen-bond donors (Lipinski definition) is 1. The molecule has 0 saturated carbocycles. The van der Waals surface area contributed by atoms with E-state index in [-0.39, 0.29) is 12.6 Å². The monoisotopic (exact) mass is 249 g/mol. The molecule has 0 fully saturated rings. The SMILES string of the molecule is COc1cc([C@H](C)N)ccc1OCc1ncon1. The minimum atomic E-state index is -0.0508. The zero-order chi connectivity index (χ0) is 13.0. The van der Waals surface area contributed by atoms with E-state index in [1.54, 1.807) is 7.11 Å². The number of methoxy groups -OCH3 is 1. The molecule has 2 rings (SSSR count). The summed E-state index contributed by atoms with van der Waals surface area (Å²) in [7, 11) is 1.58. The molecule has 1 aromatic carbocycles. The first kappa shape index (κ1) is 12.4. The van der Waals surface area contributed by atoms with Crippen LogP contribution in [0.3, 0.4) is 0 Å². The van der Waals surface area contributed by atoms with Crippen molar-refractivity contribution in [2.75, 3.05) is 7.11 Å². The number of nitrogens with zero attached hydrogens (tertiary/aromatic N) is 2. The third-order valence-corrected chi connectivity index (χ3v) is 2.48. The Balaban J connectivity index is 2.12. The summed E-state index contributed by atoms with van der Waals surface area (Å²) in [5.74, 6) is 1.73. The molecule has 6 nitrogen and oxygen atoms in total. The van der Waals surface area contributed by atoms with E-state index in [0.29, 0.717) is 17.3 Å². The number of benzene rings is 1. The highest BCUT2D eigenvalue weighted by Gasteiger charge is 2.09. The summed E-state index contributed by atoms with van der Waals surface area (Å²) < 4.78 is 15.4. The van der Waals surface area contributed by atoms with Gasteiger partial charge in [-0.1, -0.05) is 11.2 Å². The van der Waals surface area contributed by atoms with Gasteiger partial charge in [0.1, 0.15) is 0 Å². The molecule has 0 spiro atoms. The van der Waals surface area contributed by atoms with Crippen LogP contribution in [0.25, 0.3) is 0 Å². The minimum Gasteiger partial charge on any atom is -0.493 e. The van der Waals surface area contributed by atoms with Crippen molar-refractivity contribution in [3.05, 3.63) is 36.0 Å². The van der Waals surface area contributed by atoms with Crippen molar-refractivity contribution < 1.29 is 14.0 Å². The van der Waals surface area contributed by atoms with Gasteiger partial charge < -0.3 is 19.7 Å². The van der Waals surface area contributed by atoms with E-state index in [9.17, 15) is 0 Å². The van der Waals surface area contributed by atoms with Crippen molar-refractivity contribution in [1.29, 1.82) is 0 Å². The van der Waals surface area contributed by atoms with Crippen LogP contribution in [0.1, 0.15) is 24.4 Å². The fraction of sp³-hybridized carbons (Fsp3) is 0.333. The molecule has 0 aliphatic rings. The number of ether oxygens (including phenoxy) is 2. The van der Waals surface area contributed by atoms with E-state index in [1.165, 1.54) is 6.39 Å². The van der Waals surface area contributed by atoms with Crippen LogP contribution < -0.4 is 15.2 Å². The smallest absolute Gasteiger partial charge is 0.213 e. The van der Waals surface area contributed by atoms with Crippen LogP contribution in [0.4, 0.5) is 0 Å². The van der Waals surface area contributed by atoms with E-state index in [0.717, 1.165) is 5.56 Å². The first-order chi connectivity index (χ1) is 8.70. The van der Waals surface area contributed by atoms with Crippen molar-refractivity contribution in [1.82, 2.24) is 10.1 Å². The Labute approximate surface area is 105 Å². The maximum absolute atomic E-state index is 5.81. The van der Waals surface area contributed by atoms with Gasteiger partial charge in [-0.25, -0.2) is 0 Å². The highest BCUT2D eigenvalue weighted by Crippen LogP contribution is 2.30. The molecular weight excluding hydrogens is 234 g/mol. The van der Waals surface area contributed by atoms with Crippen LogP contribution in [-0.4, -0.2) is 17.3 Å². The van der Waals surface area contributed by atoms with Crippen molar-refractivity contribution in [2.24, 2.45) is 5.73 Å². The lowest BCUT2D eigenvalue weighted by Crippen LogP contribution is -2.06. The fourth-order valence-corrected chi connectivity index (χ4v) is 1.48. The number of nitrogens with two attached hydrogens (primary N) is 1. The van der Waals surface area contributed by atoms with E-state index in [2.05, 4.69) is 14.7 Å². The Hall–Kier alpha value is -2.08. The van der Waals surface area contributed by atoms with E-state index in [4.69, 9.17) is 15.2 Å². The Morgan fingerprint density at radius 2 is 2.22 bits per heavy atom. The summed E-state index contributed by atoms with van der Waals surface area (Å²) in [6, 6.07) is 5.53. The van der Waals surface area contributed by atoms with Gasteiger partial charge in [-0.05, 0) is 24.6 Å². The number of hydrogen-bond acceptors (Lipinski definition) is 6. The van der Waals surface area contributed by atoms with E-state index < -0.39 is 0 Å². The Morgan fingerprint density at radius 1 is 1.39 bits per heavy atom. The third-order valence-electron chi connectivity index (χ3n) is 2.48. The third kappa shape index (κ3) is 2.78. The molecule has 0 aliphatic heterocycles. The first-order valence-electron chi connectivity index (χ1n) is 5.52. The van der Waals surface area contributed by atoms with Crippen molar-refractivity contribution in [3.63, 3.8) is 0 Å². The average Bonchev–Trinajstić information content (AvgIpc) is 2.89. The predicted molar refractivity (Wildman–Crippen MR) is 64.2 cm³/mol. The summed E-state index contributed by atoms with van der Waals surface area (Å²) in [6.45, 7) is 2.14. The van der Waals surface area contributed by atoms with Crippen LogP contribution in [0.15, 0.2) is 29.1 Å². The van der Waals surface area contributed by atoms with Crippen LogP contribution >= 0.6 is 0 Å². The molecule has 96 valence electrons. The minimum absolute atomic E-state index is 0.0508. The second-order valence-corrected chi connectivity index (χ2v) is 3.84. The molecule has 2 aromatic rings. The largest absolute Gasteiger partial charge is 0.493 e. The lowest BCUT2D eigenvalue weighted by molar-refractivity contribution is 0.269. The topological polar surface area (TPSA) is 83.4 Å². The van der Waals surface area contributed by atoms with Gasteiger partial charge >= 0.3 is 0 Å². The predicted octanol–water partition coefficient (Wildman–Crippen LogP) is 1.68.